The molecular formula is C22H32N4O5S. The van der Waals surface area contributed by atoms with E-state index in [2.05, 4.69) is 10.3 Å². The Morgan fingerprint density at radius 2 is 2.09 bits per heavy atom. The summed E-state index contributed by atoms with van der Waals surface area (Å²) in [6.45, 7) is 3.99. The summed E-state index contributed by atoms with van der Waals surface area (Å²) < 4.78 is 38.6. The SMILES string of the molecule is CCNC(=O)N(Cc1cnc(S(=O)(=O)Cc2cccc(OC)c2)n1CCOC)CC1CC1. The van der Waals surface area contributed by atoms with Crippen molar-refractivity contribution in [3.63, 3.8) is 0 Å². The number of nitrogens with one attached hydrogen (secondary N) is 1. The molecule has 2 aromatic rings. The molecule has 3 rings (SSSR count). The van der Waals surface area contributed by atoms with Gasteiger partial charge in [-0.1, -0.05) is 12.1 Å². The first-order valence-electron chi connectivity index (χ1n) is 10.8. The third-order valence-corrected chi connectivity index (χ3v) is 6.93. The van der Waals surface area contributed by atoms with Gasteiger partial charge in [-0.15, -0.1) is 0 Å². The van der Waals surface area contributed by atoms with Crippen molar-refractivity contribution >= 4 is 15.9 Å². The second-order valence-electron chi connectivity index (χ2n) is 7.95. The average molecular weight is 465 g/mol. The third-order valence-electron chi connectivity index (χ3n) is 5.33. The molecule has 1 aliphatic rings. The van der Waals surface area contributed by atoms with Gasteiger partial charge in [0.1, 0.15) is 5.75 Å². The molecule has 0 bridgehead atoms. The van der Waals surface area contributed by atoms with Crippen LogP contribution in [-0.4, -0.2) is 62.8 Å². The Morgan fingerprint density at radius 3 is 2.75 bits per heavy atom. The van der Waals surface area contributed by atoms with Gasteiger partial charge in [-0.2, -0.15) is 0 Å². The van der Waals surface area contributed by atoms with Crippen molar-refractivity contribution in [3.8, 4) is 5.75 Å². The van der Waals surface area contributed by atoms with Gasteiger partial charge >= 0.3 is 6.03 Å². The van der Waals surface area contributed by atoms with E-state index in [0.29, 0.717) is 49.2 Å². The Kier molecular flexibility index (Phi) is 8.14. The number of aromatic nitrogens is 2. The first-order chi connectivity index (χ1) is 15.4. The van der Waals surface area contributed by atoms with Crippen molar-refractivity contribution in [2.45, 2.75) is 43.8 Å². The van der Waals surface area contributed by atoms with Crippen LogP contribution in [0.1, 0.15) is 31.0 Å². The number of sulfone groups is 1. The van der Waals surface area contributed by atoms with Crippen LogP contribution >= 0.6 is 0 Å². The van der Waals surface area contributed by atoms with Crippen molar-refractivity contribution < 1.29 is 22.7 Å². The summed E-state index contributed by atoms with van der Waals surface area (Å²) in [5.74, 6) is 0.901. The van der Waals surface area contributed by atoms with Crippen molar-refractivity contribution in [1.29, 1.82) is 0 Å². The van der Waals surface area contributed by atoms with Gasteiger partial charge in [-0.05, 0) is 43.4 Å². The number of urea groups is 1. The second kappa shape index (κ2) is 10.8. The molecule has 1 N–H and O–H groups in total. The fraction of sp³-hybridized carbons (Fsp3) is 0.545. The zero-order chi connectivity index (χ0) is 23.1. The van der Waals surface area contributed by atoms with E-state index in [-0.39, 0.29) is 23.5 Å². The third kappa shape index (κ3) is 6.23. The molecule has 0 unspecified atom stereocenters. The number of carbonyl (C=O) groups excluding carboxylic acids is 1. The number of benzene rings is 1. The van der Waals surface area contributed by atoms with Crippen molar-refractivity contribution in [1.82, 2.24) is 19.8 Å². The van der Waals surface area contributed by atoms with Crippen LogP contribution in [0.2, 0.25) is 0 Å². The highest BCUT2D eigenvalue weighted by atomic mass is 32.2. The van der Waals surface area contributed by atoms with Gasteiger partial charge in [0.2, 0.25) is 15.0 Å². The average Bonchev–Trinajstić information content (AvgIpc) is 3.49. The highest BCUT2D eigenvalue weighted by molar-refractivity contribution is 7.90. The summed E-state index contributed by atoms with van der Waals surface area (Å²) in [4.78, 5) is 18.6. The van der Waals surface area contributed by atoms with E-state index in [1.54, 1.807) is 54.1 Å². The van der Waals surface area contributed by atoms with E-state index in [4.69, 9.17) is 9.47 Å². The number of hydrogen-bond donors (Lipinski definition) is 1. The fourth-order valence-corrected chi connectivity index (χ4v) is 5.03. The Bertz CT molecular complexity index is 1020. The van der Waals surface area contributed by atoms with E-state index >= 15 is 0 Å². The minimum atomic E-state index is -3.73. The van der Waals surface area contributed by atoms with Crippen LogP contribution in [0.15, 0.2) is 35.6 Å². The van der Waals surface area contributed by atoms with E-state index in [1.807, 2.05) is 6.92 Å². The molecule has 9 nitrogen and oxygen atoms in total. The largest absolute Gasteiger partial charge is 0.497 e. The fourth-order valence-electron chi connectivity index (χ4n) is 3.52. The molecule has 0 saturated heterocycles. The molecule has 1 aliphatic carbocycles. The molecular weight excluding hydrogens is 432 g/mol. The standard InChI is InChI=1S/C22H32N4O5S/c1-4-23-21(27)25(14-17-8-9-17)15-19-13-24-22(26(19)10-11-30-2)32(28,29)16-18-6-5-7-20(12-18)31-3/h5-7,12-13,17H,4,8-11,14-16H2,1-3H3,(H,23,27). The lowest BCUT2D eigenvalue weighted by Gasteiger charge is -2.23. The van der Waals surface area contributed by atoms with Crippen LogP contribution in [-0.2, 0) is 33.4 Å². The number of methoxy groups -OCH3 is 2. The molecule has 1 fully saturated rings. The van der Waals surface area contributed by atoms with E-state index in [0.717, 1.165) is 12.8 Å². The van der Waals surface area contributed by atoms with Gasteiger partial charge in [0.25, 0.3) is 0 Å². The van der Waals surface area contributed by atoms with Crippen LogP contribution in [0.5, 0.6) is 5.75 Å². The number of carbonyl (C=O) groups is 1. The van der Waals surface area contributed by atoms with Crippen molar-refractivity contribution in [2.24, 2.45) is 5.92 Å². The van der Waals surface area contributed by atoms with Gasteiger partial charge in [-0.3, -0.25) is 0 Å². The van der Waals surface area contributed by atoms with Crippen LogP contribution in [0.4, 0.5) is 4.79 Å². The zero-order valence-electron chi connectivity index (χ0n) is 18.9. The molecule has 176 valence electrons. The number of hydrogen-bond acceptors (Lipinski definition) is 6. The lowest BCUT2D eigenvalue weighted by atomic mass is 10.2. The van der Waals surface area contributed by atoms with Crippen LogP contribution in [0, 0.1) is 5.92 Å². The molecule has 0 radical (unpaired) electrons. The number of imidazole rings is 1. The maximum absolute atomic E-state index is 13.3. The summed E-state index contributed by atoms with van der Waals surface area (Å²) in [5.41, 5.74) is 1.28. The van der Waals surface area contributed by atoms with Crippen molar-refractivity contribution in [2.75, 3.05) is 33.9 Å². The molecule has 1 aromatic heterocycles. The van der Waals surface area contributed by atoms with Gasteiger partial charge < -0.3 is 24.3 Å². The Hall–Kier alpha value is -2.59. The minimum Gasteiger partial charge on any atom is -0.497 e. The van der Waals surface area contributed by atoms with Crippen molar-refractivity contribution in [3.05, 3.63) is 41.7 Å². The highest BCUT2D eigenvalue weighted by Crippen LogP contribution is 2.30. The Labute approximate surface area is 189 Å². The summed E-state index contributed by atoms with van der Waals surface area (Å²) >= 11 is 0. The maximum atomic E-state index is 13.3. The first-order valence-corrected chi connectivity index (χ1v) is 12.4. The second-order valence-corrected chi connectivity index (χ2v) is 9.83. The van der Waals surface area contributed by atoms with Crippen LogP contribution < -0.4 is 10.1 Å². The Balaban J connectivity index is 1.88. The molecule has 1 aromatic carbocycles. The summed E-state index contributed by atoms with van der Waals surface area (Å²) in [6, 6.07) is 6.82. The van der Waals surface area contributed by atoms with Gasteiger partial charge in [0.05, 0.1) is 37.9 Å². The monoisotopic (exact) mass is 464 g/mol. The van der Waals surface area contributed by atoms with Crippen LogP contribution in [0.3, 0.4) is 0 Å². The summed E-state index contributed by atoms with van der Waals surface area (Å²) in [6.07, 6.45) is 3.77. The van der Waals surface area contributed by atoms with E-state index in [9.17, 15) is 13.2 Å². The Morgan fingerprint density at radius 1 is 1.31 bits per heavy atom. The predicted molar refractivity (Wildman–Crippen MR) is 120 cm³/mol. The predicted octanol–water partition coefficient (Wildman–Crippen LogP) is 2.45. The highest BCUT2D eigenvalue weighted by Gasteiger charge is 2.29. The first kappa shape index (κ1) is 24.1. The number of rotatable bonds is 12. The lowest BCUT2D eigenvalue weighted by Crippen LogP contribution is -2.41. The number of ether oxygens (including phenoxy) is 2. The lowest BCUT2D eigenvalue weighted by molar-refractivity contribution is 0.178. The number of nitrogens with zero attached hydrogens (tertiary/aromatic N) is 3. The van der Waals surface area contributed by atoms with Gasteiger partial charge in [0.15, 0.2) is 0 Å². The molecule has 10 heteroatoms. The van der Waals surface area contributed by atoms with Gasteiger partial charge in [-0.25, -0.2) is 18.2 Å². The molecule has 1 saturated carbocycles. The smallest absolute Gasteiger partial charge is 0.317 e. The quantitative estimate of drug-likeness (QED) is 0.518. The van der Waals surface area contributed by atoms with Gasteiger partial charge in [0, 0.05) is 26.7 Å². The molecule has 0 aliphatic heterocycles. The number of amides is 2. The summed E-state index contributed by atoms with van der Waals surface area (Å²) in [7, 11) is -0.628. The van der Waals surface area contributed by atoms with E-state index < -0.39 is 9.84 Å². The molecule has 32 heavy (non-hydrogen) atoms. The minimum absolute atomic E-state index is 0.0189. The molecule has 0 spiro atoms. The zero-order valence-corrected chi connectivity index (χ0v) is 19.7. The molecule has 0 atom stereocenters. The topological polar surface area (TPSA) is 103 Å². The molecule has 2 amide bonds. The summed E-state index contributed by atoms with van der Waals surface area (Å²) in [5, 5.41) is 2.83. The molecule has 1 heterocycles. The maximum Gasteiger partial charge on any atom is 0.317 e. The normalized spacial score (nSPS) is 13.7. The van der Waals surface area contributed by atoms with Crippen LogP contribution in [0.25, 0.3) is 0 Å². The van der Waals surface area contributed by atoms with E-state index in [1.165, 1.54) is 0 Å².